The summed E-state index contributed by atoms with van der Waals surface area (Å²) in [7, 11) is 4.61. The van der Waals surface area contributed by atoms with E-state index in [2.05, 4.69) is 0 Å². The fourth-order valence-electron chi connectivity index (χ4n) is 2.88. The molecule has 1 aliphatic heterocycles. The van der Waals surface area contributed by atoms with E-state index in [1.807, 2.05) is 4.90 Å². The highest BCUT2D eigenvalue weighted by Crippen LogP contribution is 2.38. The number of ether oxygens (including phenoxy) is 3. The minimum absolute atomic E-state index is 0. The average Bonchev–Trinajstić information content (AvgIpc) is 2.59. The molecule has 1 unspecified atom stereocenters. The maximum absolute atomic E-state index is 12.8. The van der Waals surface area contributed by atoms with Crippen LogP contribution in [0.2, 0.25) is 0 Å². The number of piperidine rings is 1. The maximum atomic E-state index is 12.8. The number of likely N-dealkylation sites (tertiary alicyclic amines) is 1. The zero-order valence-corrected chi connectivity index (χ0v) is 14.6. The van der Waals surface area contributed by atoms with Gasteiger partial charge in [-0.25, -0.2) is 0 Å². The molecule has 0 saturated carbocycles. The minimum Gasteiger partial charge on any atom is -0.493 e. The third-order valence-corrected chi connectivity index (χ3v) is 4.07. The van der Waals surface area contributed by atoms with Crippen molar-refractivity contribution in [3.63, 3.8) is 0 Å². The molecule has 1 aromatic rings. The highest BCUT2D eigenvalue weighted by atomic mass is 35.5. The van der Waals surface area contributed by atoms with E-state index in [0.29, 0.717) is 29.4 Å². The molecule has 0 bridgehead atoms. The summed E-state index contributed by atoms with van der Waals surface area (Å²) in [4.78, 5) is 14.7. The van der Waals surface area contributed by atoms with Gasteiger partial charge in [-0.2, -0.15) is 0 Å². The second-order valence-electron chi connectivity index (χ2n) is 5.30. The van der Waals surface area contributed by atoms with E-state index in [1.54, 1.807) is 12.1 Å². The van der Waals surface area contributed by atoms with Crippen molar-refractivity contribution in [1.82, 2.24) is 4.90 Å². The molecule has 1 fully saturated rings. The van der Waals surface area contributed by atoms with E-state index < -0.39 is 0 Å². The predicted octanol–water partition coefficient (Wildman–Crippen LogP) is 2.09. The van der Waals surface area contributed by atoms with E-state index >= 15 is 0 Å². The molecule has 0 spiro atoms. The van der Waals surface area contributed by atoms with Gasteiger partial charge >= 0.3 is 0 Å². The number of rotatable bonds is 5. The molecule has 23 heavy (non-hydrogen) atoms. The third-order valence-electron chi connectivity index (χ3n) is 4.07. The van der Waals surface area contributed by atoms with E-state index in [9.17, 15) is 4.79 Å². The van der Waals surface area contributed by atoms with E-state index in [1.165, 1.54) is 21.3 Å². The molecule has 1 saturated heterocycles. The first-order valence-electron chi connectivity index (χ1n) is 7.47. The van der Waals surface area contributed by atoms with Gasteiger partial charge in [-0.15, -0.1) is 12.4 Å². The van der Waals surface area contributed by atoms with Crippen molar-refractivity contribution in [1.29, 1.82) is 0 Å². The Morgan fingerprint density at radius 2 is 1.78 bits per heavy atom. The summed E-state index contributed by atoms with van der Waals surface area (Å²) >= 11 is 0. The molecule has 7 heteroatoms. The van der Waals surface area contributed by atoms with E-state index in [4.69, 9.17) is 19.9 Å². The van der Waals surface area contributed by atoms with Crippen molar-refractivity contribution in [2.45, 2.75) is 25.3 Å². The first kappa shape index (κ1) is 19.4. The van der Waals surface area contributed by atoms with Crippen molar-refractivity contribution < 1.29 is 19.0 Å². The molecule has 0 aliphatic carbocycles. The Morgan fingerprint density at radius 1 is 1.17 bits per heavy atom. The molecule has 6 nitrogen and oxygen atoms in total. The van der Waals surface area contributed by atoms with Gasteiger partial charge in [-0.1, -0.05) is 0 Å². The van der Waals surface area contributed by atoms with Gasteiger partial charge in [0.25, 0.3) is 5.91 Å². The SMILES string of the molecule is COc1cc(C(=O)N2CCCCC2CN)cc(OC)c1OC.Cl. The molecule has 1 aliphatic rings. The number of amides is 1. The van der Waals surface area contributed by atoms with Crippen LogP contribution in [-0.2, 0) is 0 Å². The lowest BCUT2D eigenvalue weighted by Gasteiger charge is -2.35. The van der Waals surface area contributed by atoms with Gasteiger partial charge in [0, 0.05) is 24.7 Å². The number of carbonyl (C=O) groups excluding carboxylic acids is 1. The predicted molar refractivity (Wildman–Crippen MR) is 91.1 cm³/mol. The molecule has 1 atom stereocenters. The van der Waals surface area contributed by atoms with Gasteiger partial charge in [0.2, 0.25) is 5.75 Å². The Labute approximate surface area is 143 Å². The van der Waals surface area contributed by atoms with Crippen LogP contribution in [0.4, 0.5) is 0 Å². The van der Waals surface area contributed by atoms with Crippen molar-refractivity contribution in [2.24, 2.45) is 5.73 Å². The molecule has 2 rings (SSSR count). The van der Waals surface area contributed by atoms with Crippen LogP contribution in [0.15, 0.2) is 12.1 Å². The number of nitrogens with zero attached hydrogens (tertiary/aromatic N) is 1. The van der Waals surface area contributed by atoms with Gasteiger partial charge in [-0.3, -0.25) is 4.79 Å². The van der Waals surface area contributed by atoms with Gasteiger partial charge < -0.3 is 24.8 Å². The Bertz CT molecular complexity index is 514. The third kappa shape index (κ3) is 4.00. The van der Waals surface area contributed by atoms with Gasteiger partial charge in [0.05, 0.1) is 21.3 Å². The quantitative estimate of drug-likeness (QED) is 0.885. The highest BCUT2D eigenvalue weighted by Gasteiger charge is 2.28. The first-order chi connectivity index (χ1) is 10.7. The number of hydrogen-bond donors (Lipinski definition) is 1. The second kappa shape index (κ2) is 8.84. The molecule has 1 heterocycles. The molecular weight excluding hydrogens is 320 g/mol. The Morgan fingerprint density at radius 3 is 2.26 bits per heavy atom. The smallest absolute Gasteiger partial charge is 0.254 e. The second-order valence-corrected chi connectivity index (χ2v) is 5.30. The van der Waals surface area contributed by atoms with Gasteiger partial charge in [0.1, 0.15) is 0 Å². The monoisotopic (exact) mass is 344 g/mol. The molecule has 1 amide bonds. The van der Waals surface area contributed by atoms with Crippen molar-refractivity contribution in [2.75, 3.05) is 34.4 Å². The minimum atomic E-state index is -0.0468. The van der Waals surface area contributed by atoms with Crippen LogP contribution in [-0.4, -0.2) is 51.3 Å². The number of hydrogen-bond acceptors (Lipinski definition) is 5. The number of carbonyl (C=O) groups is 1. The first-order valence-corrected chi connectivity index (χ1v) is 7.47. The maximum Gasteiger partial charge on any atom is 0.254 e. The van der Waals surface area contributed by atoms with Crippen LogP contribution >= 0.6 is 12.4 Å². The number of methoxy groups -OCH3 is 3. The standard InChI is InChI=1S/C16H24N2O4.ClH/c1-20-13-8-11(9-14(21-2)15(13)22-3)16(19)18-7-5-4-6-12(18)10-17;/h8-9,12H,4-7,10,17H2,1-3H3;1H. The van der Waals surface area contributed by atoms with Gasteiger partial charge in [0.15, 0.2) is 11.5 Å². The summed E-state index contributed by atoms with van der Waals surface area (Å²) in [6.45, 7) is 1.22. The normalized spacial score (nSPS) is 17.2. The molecule has 0 aromatic heterocycles. The van der Waals surface area contributed by atoms with E-state index in [0.717, 1.165) is 25.8 Å². The number of benzene rings is 1. The van der Waals surface area contributed by atoms with Crippen molar-refractivity contribution in [3.05, 3.63) is 17.7 Å². The molecule has 0 radical (unpaired) electrons. The zero-order valence-electron chi connectivity index (χ0n) is 13.8. The van der Waals surface area contributed by atoms with Gasteiger partial charge in [-0.05, 0) is 31.4 Å². The van der Waals surface area contributed by atoms with Crippen LogP contribution in [0.5, 0.6) is 17.2 Å². The lowest BCUT2D eigenvalue weighted by Crippen LogP contribution is -2.47. The molecule has 130 valence electrons. The highest BCUT2D eigenvalue weighted by molar-refractivity contribution is 5.96. The summed E-state index contributed by atoms with van der Waals surface area (Å²) in [5.41, 5.74) is 6.33. The average molecular weight is 345 g/mol. The Balaban J connectivity index is 0.00000264. The number of halogens is 1. The van der Waals surface area contributed by atoms with Crippen molar-refractivity contribution >= 4 is 18.3 Å². The van der Waals surface area contributed by atoms with Crippen LogP contribution < -0.4 is 19.9 Å². The fourth-order valence-corrected chi connectivity index (χ4v) is 2.88. The lowest BCUT2D eigenvalue weighted by molar-refractivity contribution is 0.0622. The van der Waals surface area contributed by atoms with E-state index in [-0.39, 0.29) is 24.4 Å². The largest absolute Gasteiger partial charge is 0.493 e. The Hall–Kier alpha value is -1.66. The lowest BCUT2D eigenvalue weighted by atomic mass is 10.0. The summed E-state index contributed by atoms with van der Waals surface area (Å²) in [5.74, 6) is 1.39. The van der Waals surface area contributed by atoms with Crippen LogP contribution in [0, 0.1) is 0 Å². The summed E-state index contributed by atoms with van der Waals surface area (Å²) < 4.78 is 15.9. The van der Waals surface area contributed by atoms with Crippen LogP contribution in [0.25, 0.3) is 0 Å². The fraction of sp³-hybridized carbons (Fsp3) is 0.562. The molecule has 1 aromatic carbocycles. The van der Waals surface area contributed by atoms with Crippen LogP contribution in [0.3, 0.4) is 0 Å². The number of nitrogens with two attached hydrogens (primary N) is 1. The summed E-state index contributed by atoms with van der Waals surface area (Å²) in [5, 5.41) is 0. The van der Waals surface area contributed by atoms with Crippen LogP contribution in [0.1, 0.15) is 29.6 Å². The summed E-state index contributed by atoms with van der Waals surface area (Å²) in [6.07, 6.45) is 3.07. The molecule has 2 N–H and O–H groups in total. The Kier molecular flexibility index (Phi) is 7.45. The van der Waals surface area contributed by atoms with Crippen molar-refractivity contribution in [3.8, 4) is 17.2 Å². The zero-order chi connectivity index (χ0) is 16.1. The summed E-state index contributed by atoms with van der Waals surface area (Å²) in [6, 6.07) is 3.47. The topological polar surface area (TPSA) is 74.0 Å². The molecular formula is C16H25ClN2O4.